The highest BCUT2D eigenvalue weighted by atomic mass is 35.5. The number of ether oxygens (including phenoxy) is 2. The molecule has 2 saturated heterocycles. The molecule has 5 rings (SSSR count). The molecule has 2 aromatic rings. The summed E-state index contributed by atoms with van der Waals surface area (Å²) < 4.78 is 10.8. The van der Waals surface area contributed by atoms with Crippen molar-refractivity contribution in [1.82, 2.24) is 15.2 Å². The van der Waals surface area contributed by atoms with E-state index in [1.165, 1.54) is 11.3 Å². The number of rotatable bonds is 2. The van der Waals surface area contributed by atoms with Gasteiger partial charge < -0.3 is 19.7 Å². The Labute approximate surface area is 161 Å². The molecule has 3 aliphatic heterocycles. The lowest BCUT2D eigenvalue weighted by Gasteiger charge is -2.27. The second-order valence-corrected chi connectivity index (χ2v) is 7.72. The Balaban J connectivity index is 0.00000168. The van der Waals surface area contributed by atoms with E-state index < -0.39 is 0 Å². The van der Waals surface area contributed by atoms with Crippen molar-refractivity contribution in [3.63, 3.8) is 0 Å². The number of amides is 1. The van der Waals surface area contributed by atoms with Gasteiger partial charge in [-0.15, -0.1) is 23.7 Å². The van der Waals surface area contributed by atoms with Gasteiger partial charge in [0.05, 0.1) is 6.20 Å². The molecule has 2 fully saturated rings. The van der Waals surface area contributed by atoms with Crippen LogP contribution in [0.5, 0.6) is 11.5 Å². The molecule has 8 heteroatoms. The summed E-state index contributed by atoms with van der Waals surface area (Å²) in [5.41, 5.74) is 0.953. The molecule has 4 heterocycles. The SMILES string of the molecule is Cl.O=C(c1cnc(-c2ccc3c(c2)OCO3)s1)N1C2CCNCC1CC2. The predicted molar refractivity (Wildman–Crippen MR) is 101 cm³/mol. The molecule has 1 amide bonds. The fourth-order valence-corrected chi connectivity index (χ4v) is 4.83. The molecule has 1 N–H and O–H groups in total. The van der Waals surface area contributed by atoms with Gasteiger partial charge in [0, 0.05) is 24.2 Å². The Morgan fingerprint density at radius 3 is 2.96 bits per heavy atom. The van der Waals surface area contributed by atoms with Gasteiger partial charge in [0.15, 0.2) is 11.5 Å². The number of benzene rings is 1. The van der Waals surface area contributed by atoms with Gasteiger partial charge in [-0.25, -0.2) is 4.98 Å². The summed E-state index contributed by atoms with van der Waals surface area (Å²) in [6.07, 6.45) is 4.96. The smallest absolute Gasteiger partial charge is 0.266 e. The maximum Gasteiger partial charge on any atom is 0.266 e. The third-order valence-electron chi connectivity index (χ3n) is 5.22. The first-order valence-electron chi connectivity index (χ1n) is 8.69. The molecule has 1 aromatic heterocycles. The lowest BCUT2D eigenvalue weighted by Crippen LogP contribution is -2.42. The van der Waals surface area contributed by atoms with Gasteiger partial charge in [-0.2, -0.15) is 0 Å². The summed E-state index contributed by atoms with van der Waals surface area (Å²) in [7, 11) is 0. The van der Waals surface area contributed by atoms with Gasteiger partial charge in [-0.05, 0) is 44.0 Å². The van der Waals surface area contributed by atoms with E-state index in [9.17, 15) is 4.79 Å². The first-order valence-corrected chi connectivity index (χ1v) is 9.50. The van der Waals surface area contributed by atoms with Crippen LogP contribution < -0.4 is 14.8 Å². The lowest BCUT2D eigenvalue weighted by molar-refractivity contribution is 0.0685. The van der Waals surface area contributed by atoms with E-state index in [0.717, 1.165) is 54.4 Å². The number of hydrogen-bond donors (Lipinski definition) is 1. The van der Waals surface area contributed by atoms with Crippen LogP contribution in [0.4, 0.5) is 0 Å². The van der Waals surface area contributed by atoms with E-state index in [-0.39, 0.29) is 25.1 Å². The number of carbonyl (C=O) groups is 1. The molecular formula is C18H20ClN3O3S. The van der Waals surface area contributed by atoms with Crippen molar-refractivity contribution in [2.24, 2.45) is 0 Å². The molecule has 0 radical (unpaired) electrons. The Morgan fingerprint density at radius 1 is 1.19 bits per heavy atom. The zero-order valence-corrected chi connectivity index (χ0v) is 15.8. The summed E-state index contributed by atoms with van der Waals surface area (Å²) in [6, 6.07) is 6.45. The molecule has 1 aromatic carbocycles. The van der Waals surface area contributed by atoms with Crippen molar-refractivity contribution < 1.29 is 14.3 Å². The fraction of sp³-hybridized carbons (Fsp3) is 0.444. The van der Waals surface area contributed by atoms with Crippen molar-refractivity contribution in [2.75, 3.05) is 19.9 Å². The quantitative estimate of drug-likeness (QED) is 0.849. The summed E-state index contributed by atoms with van der Waals surface area (Å²) in [5.74, 6) is 1.61. The number of nitrogens with zero attached hydrogens (tertiary/aromatic N) is 2. The van der Waals surface area contributed by atoms with Gasteiger partial charge >= 0.3 is 0 Å². The molecule has 3 aliphatic rings. The largest absolute Gasteiger partial charge is 0.454 e. The first-order chi connectivity index (χ1) is 12.3. The fourth-order valence-electron chi connectivity index (χ4n) is 3.98. The van der Waals surface area contributed by atoms with Crippen LogP contribution >= 0.6 is 23.7 Å². The minimum atomic E-state index is 0. The van der Waals surface area contributed by atoms with E-state index in [4.69, 9.17) is 9.47 Å². The van der Waals surface area contributed by atoms with Crippen LogP contribution in [0, 0.1) is 0 Å². The second kappa shape index (κ2) is 7.06. The van der Waals surface area contributed by atoms with E-state index in [0.29, 0.717) is 17.0 Å². The zero-order chi connectivity index (χ0) is 16.8. The highest BCUT2D eigenvalue weighted by molar-refractivity contribution is 7.16. The Morgan fingerprint density at radius 2 is 2.04 bits per heavy atom. The average Bonchev–Trinajstić information content (AvgIpc) is 3.31. The molecule has 0 spiro atoms. The van der Waals surface area contributed by atoms with Gasteiger partial charge in [0.25, 0.3) is 5.91 Å². The molecule has 0 aliphatic carbocycles. The van der Waals surface area contributed by atoms with Gasteiger partial charge in [0.2, 0.25) is 6.79 Å². The number of nitrogens with one attached hydrogen (secondary N) is 1. The summed E-state index contributed by atoms with van der Waals surface area (Å²) >= 11 is 1.45. The molecular weight excluding hydrogens is 374 g/mol. The molecule has 2 unspecified atom stereocenters. The van der Waals surface area contributed by atoms with Crippen molar-refractivity contribution >= 4 is 29.7 Å². The third-order valence-corrected chi connectivity index (χ3v) is 6.26. The third kappa shape index (κ3) is 2.94. The maximum absolute atomic E-state index is 13.1. The average molecular weight is 394 g/mol. The normalized spacial score (nSPS) is 23.5. The monoisotopic (exact) mass is 393 g/mol. The number of thiazole rings is 1. The van der Waals surface area contributed by atoms with Crippen molar-refractivity contribution in [2.45, 2.75) is 31.3 Å². The number of hydrogen-bond acceptors (Lipinski definition) is 6. The second-order valence-electron chi connectivity index (χ2n) is 6.69. The van der Waals surface area contributed by atoms with Gasteiger partial charge in [-0.3, -0.25) is 4.79 Å². The Bertz CT molecular complexity index is 814. The van der Waals surface area contributed by atoms with Crippen molar-refractivity contribution in [1.29, 1.82) is 0 Å². The minimum Gasteiger partial charge on any atom is -0.454 e. The van der Waals surface area contributed by atoms with E-state index in [2.05, 4.69) is 15.2 Å². The maximum atomic E-state index is 13.1. The topological polar surface area (TPSA) is 63.7 Å². The molecule has 2 atom stereocenters. The van der Waals surface area contributed by atoms with Crippen LogP contribution in [-0.4, -0.2) is 47.8 Å². The van der Waals surface area contributed by atoms with Crippen LogP contribution in [-0.2, 0) is 0 Å². The van der Waals surface area contributed by atoms with Crippen LogP contribution in [0.15, 0.2) is 24.4 Å². The minimum absolute atomic E-state index is 0. The molecule has 0 saturated carbocycles. The summed E-state index contributed by atoms with van der Waals surface area (Å²) in [5, 5.41) is 4.27. The first kappa shape index (κ1) is 17.6. The Hall–Kier alpha value is -1.83. The lowest BCUT2D eigenvalue weighted by atomic mass is 10.1. The number of aromatic nitrogens is 1. The van der Waals surface area contributed by atoms with Crippen LogP contribution in [0.25, 0.3) is 10.6 Å². The summed E-state index contributed by atoms with van der Waals surface area (Å²) in [6.45, 7) is 2.15. The van der Waals surface area contributed by atoms with Crippen molar-refractivity contribution in [3.05, 3.63) is 29.3 Å². The number of halogens is 1. The van der Waals surface area contributed by atoms with Gasteiger partial charge in [-0.1, -0.05) is 0 Å². The Kier molecular flexibility index (Phi) is 4.77. The van der Waals surface area contributed by atoms with Crippen LogP contribution in [0.1, 0.15) is 28.9 Å². The number of fused-ring (bicyclic) bond motifs is 3. The van der Waals surface area contributed by atoms with Crippen molar-refractivity contribution in [3.8, 4) is 22.1 Å². The molecule has 6 nitrogen and oxygen atoms in total. The highest BCUT2D eigenvalue weighted by Crippen LogP contribution is 2.38. The van der Waals surface area contributed by atoms with Gasteiger partial charge in [0.1, 0.15) is 9.88 Å². The predicted octanol–water partition coefficient (Wildman–Crippen LogP) is 2.93. The van der Waals surface area contributed by atoms with E-state index >= 15 is 0 Å². The van der Waals surface area contributed by atoms with Crippen LogP contribution in [0.2, 0.25) is 0 Å². The zero-order valence-electron chi connectivity index (χ0n) is 14.1. The summed E-state index contributed by atoms with van der Waals surface area (Å²) in [4.78, 5) is 20.4. The molecule has 138 valence electrons. The van der Waals surface area contributed by atoms with E-state index in [1.54, 1.807) is 6.20 Å². The number of carbonyl (C=O) groups excluding carboxylic acids is 1. The van der Waals surface area contributed by atoms with E-state index in [1.807, 2.05) is 18.2 Å². The highest BCUT2D eigenvalue weighted by Gasteiger charge is 2.38. The molecule has 26 heavy (non-hydrogen) atoms. The van der Waals surface area contributed by atoms with Crippen LogP contribution in [0.3, 0.4) is 0 Å². The standard InChI is InChI=1S/C18H19N3O3S.ClH/c22-18(21-12-2-3-13(21)8-19-6-5-12)16-9-20-17(25-16)11-1-4-14-15(7-11)24-10-23-14;/h1,4,7,9,12-13,19H,2-3,5-6,8,10H2;1H. The molecule has 2 bridgehead atoms.